The molecule has 0 aromatic carbocycles. The molecule has 0 aromatic rings. The van der Waals surface area contributed by atoms with Gasteiger partial charge < -0.3 is 9.64 Å². The lowest BCUT2D eigenvalue weighted by molar-refractivity contribution is -0.140. The number of likely N-dealkylation sites (tertiary alicyclic amines) is 1. The molecule has 1 saturated carbocycles. The molecule has 3 rings (SSSR count). The van der Waals surface area contributed by atoms with Crippen molar-refractivity contribution in [1.29, 1.82) is 0 Å². The first-order valence-electron chi connectivity index (χ1n) is 6.95. The lowest BCUT2D eigenvalue weighted by atomic mass is 9.81. The van der Waals surface area contributed by atoms with E-state index in [2.05, 4.69) is 0 Å². The van der Waals surface area contributed by atoms with Crippen molar-refractivity contribution in [3.05, 3.63) is 0 Å². The van der Waals surface area contributed by atoms with Crippen molar-refractivity contribution in [1.82, 2.24) is 9.80 Å². The van der Waals surface area contributed by atoms with Crippen LogP contribution in [-0.2, 0) is 14.3 Å². The second-order valence-corrected chi connectivity index (χ2v) is 5.43. The number of ether oxygens (including phenoxy) is 1. The number of rotatable bonds is 3. The minimum atomic E-state index is -0.350. The van der Waals surface area contributed by atoms with E-state index in [0.717, 1.165) is 25.7 Å². The van der Waals surface area contributed by atoms with Gasteiger partial charge in [-0.1, -0.05) is 12.8 Å². The Labute approximate surface area is 111 Å². The van der Waals surface area contributed by atoms with Gasteiger partial charge in [-0.3, -0.25) is 14.5 Å². The Kier molecular flexibility index (Phi) is 3.16. The topological polar surface area (TPSA) is 66.9 Å². The number of hydrogen-bond acceptors (Lipinski definition) is 4. The van der Waals surface area contributed by atoms with Crippen LogP contribution in [-0.4, -0.2) is 53.9 Å². The standard InChI is InChI=1S/C13H18N2O4/c16-11-9-3-1-2-4-10(9)12(17)15(11)6-5-14-7-8-19-13(14)18/h9-10H,1-8H2/t9-,10+. The minimum absolute atomic E-state index is 0.0396. The fourth-order valence-corrected chi connectivity index (χ4v) is 3.30. The average molecular weight is 266 g/mol. The van der Waals surface area contributed by atoms with Crippen molar-refractivity contribution in [3.8, 4) is 0 Å². The van der Waals surface area contributed by atoms with Crippen molar-refractivity contribution < 1.29 is 19.1 Å². The molecule has 0 aromatic heterocycles. The van der Waals surface area contributed by atoms with Crippen molar-refractivity contribution >= 4 is 17.9 Å². The third-order valence-corrected chi connectivity index (χ3v) is 4.37. The fraction of sp³-hybridized carbons (Fsp3) is 0.769. The molecule has 0 unspecified atom stereocenters. The first kappa shape index (κ1) is 12.4. The van der Waals surface area contributed by atoms with E-state index in [-0.39, 0.29) is 29.7 Å². The molecule has 6 nitrogen and oxygen atoms in total. The normalized spacial score (nSPS) is 30.8. The monoisotopic (exact) mass is 266 g/mol. The zero-order valence-corrected chi connectivity index (χ0v) is 10.8. The van der Waals surface area contributed by atoms with Crippen molar-refractivity contribution in [2.45, 2.75) is 25.7 Å². The first-order valence-corrected chi connectivity index (χ1v) is 6.95. The summed E-state index contributed by atoms with van der Waals surface area (Å²) in [6, 6.07) is 0. The van der Waals surface area contributed by atoms with E-state index < -0.39 is 0 Å². The number of carbonyl (C=O) groups excluding carboxylic acids is 3. The molecule has 1 aliphatic carbocycles. The Morgan fingerprint density at radius 1 is 1.00 bits per heavy atom. The Morgan fingerprint density at radius 3 is 2.16 bits per heavy atom. The Bertz CT molecular complexity index is 399. The highest BCUT2D eigenvalue weighted by atomic mass is 16.6. The molecular formula is C13H18N2O4. The van der Waals surface area contributed by atoms with Crippen molar-refractivity contribution in [2.75, 3.05) is 26.2 Å². The molecule has 3 aliphatic rings. The van der Waals surface area contributed by atoms with Gasteiger partial charge in [0.15, 0.2) is 0 Å². The average Bonchev–Trinajstić information content (AvgIpc) is 2.93. The highest BCUT2D eigenvalue weighted by Gasteiger charge is 2.47. The Balaban J connectivity index is 1.62. The largest absolute Gasteiger partial charge is 0.448 e. The van der Waals surface area contributed by atoms with Crippen LogP contribution >= 0.6 is 0 Å². The predicted molar refractivity (Wildman–Crippen MR) is 65.1 cm³/mol. The van der Waals surface area contributed by atoms with Crippen LogP contribution in [0.2, 0.25) is 0 Å². The number of amides is 3. The van der Waals surface area contributed by atoms with Gasteiger partial charge in [0.2, 0.25) is 11.8 Å². The van der Waals surface area contributed by atoms with Gasteiger partial charge in [0, 0.05) is 13.1 Å². The third kappa shape index (κ3) is 2.09. The summed E-state index contributed by atoms with van der Waals surface area (Å²) in [6.07, 6.45) is 3.38. The molecule has 19 heavy (non-hydrogen) atoms. The summed E-state index contributed by atoms with van der Waals surface area (Å²) in [5, 5.41) is 0. The second kappa shape index (κ2) is 4.83. The van der Waals surface area contributed by atoms with E-state index in [1.165, 1.54) is 4.90 Å². The number of nitrogens with zero attached hydrogens (tertiary/aromatic N) is 2. The van der Waals surface area contributed by atoms with E-state index in [4.69, 9.17) is 4.74 Å². The zero-order valence-electron chi connectivity index (χ0n) is 10.8. The summed E-state index contributed by atoms with van der Waals surface area (Å²) >= 11 is 0. The van der Waals surface area contributed by atoms with Crippen LogP contribution in [0.4, 0.5) is 4.79 Å². The lowest BCUT2D eigenvalue weighted by Crippen LogP contribution is -2.39. The highest BCUT2D eigenvalue weighted by Crippen LogP contribution is 2.37. The van der Waals surface area contributed by atoms with Crippen LogP contribution in [0, 0.1) is 11.8 Å². The van der Waals surface area contributed by atoms with Gasteiger partial charge in [0.05, 0.1) is 18.4 Å². The Hall–Kier alpha value is -1.59. The van der Waals surface area contributed by atoms with Gasteiger partial charge in [-0.2, -0.15) is 0 Å². The molecule has 2 saturated heterocycles. The molecule has 3 amide bonds. The second-order valence-electron chi connectivity index (χ2n) is 5.43. The third-order valence-electron chi connectivity index (χ3n) is 4.37. The molecule has 6 heteroatoms. The Morgan fingerprint density at radius 2 is 1.63 bits per heavy atom. The molecule has 104 valence electrons. The van der Waals surface area contributed by atoms with Crippen LogP contribution in [0.3, 0.4) is 0 Å². The summed E-state index contributed by atoms with van der Waals surface area (Å²) in [4.78, 5) is 38.6. The first-order chi connectivity index (χ1) is 9.18. The maximum atomic E-state index is 12.2. The zero-order chi connectivity index (χ0) is 13.4. The van der Waals surface area contributed by atoms with E-state index >= 15 is 0 Å². The molecule has 2 heterocycles. The number of hydrogen-bond donors (Lipinski definition) is 0. The molecule has 0 spiro atoms. The van der Waals surface area contributed by atoms with Crippen molar-refractivity contribution in [3.63, 3.8) is 0 Å². The fourth-order valence-electron chi connectivity index (χ4n) is 3.30. The van der Waals surface area contributed by atoms with E-state index in [1.54, 1.807) is 4.90 Å². The highest BCUT2D eigenvalue weighted by molar-refractivity contribution is 6.05. The number of cyclic esters (lactones) is 1. The van der Waals surface area contributed by atoms with Crippen LogP contribution in [0.25, 0.3) is 0 Å². The number of carbonyl (C=O) groups is 3. The number of fused-ring (bicyclic) bond motifs is 1. The summed E-state index contributed by atoms with van der Waals surface area (Å²) in [6.45, 7) is 1.63. The summed E-state index contributed by atoms with van der Waals surface area (Å²) in [7, 11) is 0. The molecule has 2 atom stereocenters. The minimum Gasteiger partial charge on any atom is -0.448 e. The molecule has 0 radical (unpaired) electrons. The van der Waals surface area contributed by atoms with E-state index in [0.29, 0.717) is 26.2 Å². The molecular weight excluding hydrogens is 248 g/mol. The van der Waals surface area contributed by atoms with Gasteiger partial charge >= 0.3 is 6.09 Å². The van der Waals surface area contributed by atoms with Gasteiger partial charge in [-0.25, -0.2) is 4.79 Å². The van der Waals surface area contributed by atoms with Crippen molar-refractivity contribution in [2.24, 2.45) is 11.8 Å². The van der Waals surface area contributed by atoms with Crippen LogP contribution in [0.15, 0.2) is 0 Å². The maximum Gasteiger partial charge on any atom is 0.410 e. The number of imide groups is 1. The molecule has 0 bridgehead atoms. The lowest BCUT2D eigenvalue weighted by Gasteiger charge is -2.19. The van der Waals surface area contributed by atoms with Gasteiger partial charge in [-0.15, -0.1) is 0 Å². The van der Waals surface area contributed by atoms with Crippen LogP contribution < -0.4 is 0 Å². The molecule has 2 aliphatic heterocycles. The quantitative estimate of drug-likeness (QED) is 0.702. The van der Waals surface area contributed by atoms with Crippen LogP contribution in [0.5, 0.6) is 0 Å². The summed E-state index contributed by atoms with van der Waals surface area (Å²) in [5.41, 5.74) is 0. The maximum absolute atomic E-state index is 12.2. The molecule has 0 N–H and O–H groups in total. The smallest absolute Gasteiger partial charge is 0.410 e. The predicted octanol–water partition coefficient (Wildman–Crippen LogP) is 0.614. The van der Waals surface area contributed by atoms with E-state index in [9.17, 15) is 14.4 Å². The van der Waals surface area contributed by atoms with Gasteiger partial charge in [0.25, 0.3) is 0 Å². The van der Waals surface area contributed by atoms with Gasteiger partial charge in [0.1, 0.15) is 6.61 Å². The molecule has 3 fully saturated rings. The van der Waals surface area contributed by atoms with Gasteiger partial charge in [-0.05, 0) is 12.8 Å². The summed E-state index contributed by atoms with van der Waals surface area (Å²) in [5.74, 6) is -0.289. The summed E-state index contributed by atoms with van der Waals surface area (Å²) < 4.78 is 4.83. The van der Waals surface area contributed by atoms with Crippen LogP contribution in [0.1, 0.15) is 25.7 Å². The van der Waals surface area contributed by atoms with E-state index in [1.807, 2.05) is 0 Å². The SMILES string of the molecule is O=C1OCCN1CCN1C(=O)[C@H]2CCCC[C@H]2C1=O.